The van der Waals surface area contributed by atoms with Gasteiger partial charge in [-0.2, -0.15) is 0 Å². The van der Waals surface area contributed by atoms with Crippen LogP contribution in [0.5, 0.6) is 0 Å². The minimum atomic E-state index is 0.480. The van der Waals surface area contributed by atoms with Gasteiger partial charge >= 0.3 is 0 Å². The molecule has 1 atom stereocenters. The molecule has 1 N–H and O–H groups in total. The molecule has 1 aliphatic rings. The van der Waals surface area contributed by atoms with E-state index in [1.54, 1.807) is 0 Å². The third-order valence-corrected chi connectivity index (χ3v) is 4.26. The Morgan fingerprint density at radius 3 is 2.28 bits per heavy atom. The highest BCUT2D eigenvalue weighted by molar-refractivity contribution is 5.23. The van der Waals surface area contributed by atoms with Gasteiger partial charge < -0.3 is 5.32 Å². The fourth-order valence-electron chi connectivity index (χ4n) is 2.88. The molecule has 0 aliphatic heterocycles. The molecule has 0 unspecified atom stereocenters. The second-order valence-corrected chi connectivity index (χ2v) is 5.90. The predicted molar refractivity (Wildman–Crippen MR) is 78.8 cm³/mol. The van der Waals surface area contributed by atoms with Crippen molar-refractivity contribution in [2.75, 3.05) is 6.54 Å². The van der Waals surface area contributed by atoms with Crippen LogP contribution in [0, 0.1) is 12.8 Å². The van der Waals surface area contributed by atoms with E-state index in [-0.39, 0.29) is 0 Å². The Morgan fingerprint density at radius 2 is 1.67 bits per heavy atom. The minimum absolute atomic E-state index is 0.480. The summed E-state index contributed by atoms with van der Waals surface area (Å²) in [5.41, 5.74) is 2.75. The maximum Gasteiger partial charge on any atom is 0.0291 e. The Labute approximate surface area is 112 Å². The van der Waals surface area contributed by atoms with Gasteiger partial charge in [0.1, 0.15) is 0 Å². The molecule has 0 bridgehead atoms. The molecule has 0 aromatic heterocycles. The van der Waals surface area contributed by atoms with Crippen molar-refractivity contribution in [3.63, 3.8) is 0 Å². The SMILES string of the molecule is Cc1ccc([C@@H](C)NCC2CCCCCC2)cc1. The summed E-state index contributed by atoms with van der Waals surface area (Å²) < 4.78 is 0. The molecular formula is C17H27N. The van der Waals surface area contributed by atoms with Crippen LogP contribution < -0.4 is 5.32 Å². The van der Waals surface area contributed by atoms with E-state index in [0.29, 0.717) is 6.04 Å². The highest BCUT2D eigenvalue weighted by Crippen LogP contribution is 2.23. The van der Waals surface area contributed by atoms with Crippen LogP contribution in [0.15, 0.2) is 24.3 Å². The lowest BCUT2D eigenvalue weighted by molar-refractivity contribution is 0.403. The van der Waals surface area contributed by atoms with Crippen LogP contribution in [0.3, 0.4) is 0 Å². The number of benzene rings is 1. The minimum Gasteiger partial charge on any atom is -0.310 e. The average Bonchev–Trinajstić information content (AvgIpc) is 2.65. The lowest BCUT2D eigenvalue weighted by atomic mass is 9.99. The normalized spacial score (nSPS) is 19.4. The highest BCUT2D eigenvalue weighted by Gasteiger charge is 2.13. The van der Waals surface area contributed by atoms with Crippen LogP contribution in [0.25, 0.3) is 0 Å². The lowest BCUT2D eigenvalue weighted by Crippen LogP contribution is -2.25. The van der Waals surface area contributed by atoms with Crippen molar-refractivity contribution in [3.8, 4) is 0 Å². The van der Waals surface area contributed by atoms with Gasteiger partial charge in [-0.25, -0.2) is 0 Å². The third-order valence-electron chi connectivity index (χ3n) is 4.26. The lowest BCUT2D eigenvalue weighted by Gasteiger charge is -2.19. The first-order valence-corrected chi connectivity index (χ1v) is 7.55. The van der Waals surface area contributed by atoms with Gasteiger partial charge in [0.2, 0.25) is 0 Å². The molecule has 1 aliphatic carbocycles. The maximum absolute atomic E-state index is 3.72. The molecule has 1 aromatic rings. The molecule has 0 saturated heterocycles. The monoisotopic (exact) mass is 245 g/mol. The Morgan fingerprint density at radius 1 is 1.06 bits per heavy atom. The van der Waals surface area contributed by atoms with Crippen molar-refractivity contribution in [3.05, 3.63) is 35.4 Å². The van der Waals surface area contributed by atoms with E-state index < -0.39 is 0 Å². The molecule has 100 valence electrons. The number of aryl methyl sites for hydroxylation is 1. The molecule has 1 aromatic carbocycles. The first-order valence-electron chi connectivity index (χ1n) is 7.55. The van der Waals surface area contributed by atoms with Crippen LogP contribution in [-0.4, -0.2) is 6.54 Å². The highest BCUT2D eigenvalue weighted by atomic mass is 14.9. The Kier molecular flexibility index (Phi) is 5.25. The van der Waals surface area contributed by atoms with E-state index in [1.807, 2.05) is 0 Å². The molecule has 1 nitrogen and oxygen atoms in total. The van der Waals surface area contributed by atoms with E-state index in [4.69, 9.17) is 0 Å². The van der Waals surface area contributed by atoms with Crippen molar-refractivity contribution in [1.82, 2.24) is 5.32 Å². The summed E-state index contributed by atoms with van der Waals surface area (Å²) >= 11 is 0. The molecular weight excluding hydrogens is 218 g/mol. The van der Waals surface area contributed by atoms with Crippen molar-refractivity contribution in [1.29, 1.82) is 0 Å². The molecule has 2 rings (SSSR count). The first-order chi connectivity index (χ1) is 8.75. The Balaban J connectivity index is 1.80. The molecule has 0 radical (unpaired) electrons. The van der Waals surface area contributed by atoms with E-state index in [0.717, 1.165) is 5.92 Å². The summed E-state index contributed by atoms with van der Waals surface area (Å²) in [6.45, 7) is 5.61. The summed E-state index contributed by atoms with van der Waals surface area (Å²) in [5, 5.41) is 3.72. The smallest absolute Gasteiger partial charge is 0.0291 e. The topological polar surface area (TPSA) is 12.0 Å². The Bertz CT molecular complexity index is 333. The molecule has 1 fully saturated rings. The van der Waals surface area contributed by atoms with Crippen molar-refractivity contribution in [2.24, 2.45) is 5.92 Å². The van der Waals surface area contributed by atoms with Gasteiger partial charge in [-0.05, 0) is 44.7 Å². The summed E-state index contributed by atoms with van der Waals surface area (Å²) in [5.74, 6) is 0.903. The summed E-state index contributed by atoms with van der Waals surface area (Å²) in [6.07, 6.45) is 8.62. The second kappa shape index (κ2) is 6.94. The number of nitrogens with one attached hydrogen (secondary N) is 1. The maximum atomic E-state index is 3.72. The van der Waals surface area contributed by atoms with Gasteiger partial charge in [-0.3, -0.25) is 0 Å². The van der Waals surface area contributed by atoms with Crippen molar-refractivity contribution in [2.45, 2.75) is 58.4 Å². The molecule has 18 heavy (non-hydrogen) atoms. The molecule has 0 spiro atoms. The quantitative estimate of drug-likeness (QED) is 0.763. The van der Waals surface area contributed by atoms with E-state index in [9.17, 15) is 0 Å². The Hall–Kier alpha value is -0.820. The van der Waals surface area contributed by atoms with E-state index in [1.165, 1.54) is 56.2 Å². The van der Waals surface area contributed by atoms with Crippen LogP contribution >= 0.6 is 0 Å². The van der Waals surface area contributed by atoms with Gasteiger partial charge in [0, 0.05) is 6.04 Å². The zero-order valence-corrected chi connectivity index (χ0v) is 11.9. The van der Waals surface area contributed by atoms with Gasteiger partial charge in [0.15, 0.2) is 0 Å². The largest absolute Gasteiger partial charge is 0.310 e. The fraction of sp³-hybridized carbons (Fsp3) is 0.647. The van der Waals surface area contributed by atoms with E-state index in [2.05, 4.69) is 43.4 Å². The summed E-state index contributed by atoms with van der Waals surface area (Å²) in [6, 6.07) is 9.40. The predicted octanol–water partition coefficient (Wildman–Crippen LogP) is 4.62. The van der Waals surface area contributed by atoms with Gasteiger partial charge in [-0.1, -0.05) is 55.5 Å². The zero-order chi connectivity index (χ0) is 12.8. The molecule has 0 heterocycles. The van der Waals surface area contributed by atoms with Crippen LogP contribution in [0.1, 0.15) is 62.6 Å². The summed E-state index contributed by atoms with van der Waals surface area (Å²) in [4.78, 5) is 0. The average molecular weight is 245 g/mol. The van der Waals surface area contributed by atoms with Crippen molar-refractivity contribution < 1.29 is 0 Å². The van der Waals surface area contributed by atoms with Gasteiger partial charge in [0.25, 0.3) is 0 Å². The molecule has 1 heteroatoms. The second-order valence-electron chi connectivity index (χ2n) is 5.90. The number of hydrogen-bond donors (Lipinski definition) is 1. The standard InChI is InChI=1S/C17H27N/c1-14-9-11-17(12-10-14)15(2)18-13-16-7-5-3-4-6-8-16/h9-12,15-16,18H,3-8,13H2,1-2H3/t15-/m1/s1. The fourth-order valence-corrected chi connectivity index (χ4v) is 2.88. The number of rotatable bonds is 4. The molecule has 1 saturated carbocycles. The zero-order valence-electron chi connectivity index (χ0n) is 11.9. The molecule has 0 amide bonds. The van der Waals surface area contributed by atoms with Gasteiger partial charge in [0.05, 0.1) is 0 Å². The van der Waals surface area contributed by atoms with Gasteiger partial charge in [-0.15, -0.1) is 0 Å². The van der Waals surface area contributed by atoms with Crippen LogP contribution in [0.2, 0.25) is 0 Å². The van der Waals surface area contributed by atoms with E-state index >= 15 is 0 Å². The third kappa shape index (κ3) is 4.13. The number of hydrogen-bond acceptors (Lipinski definition) is 1. The van der Waals surface area contributed by atoms with Crippen LogP contribution in [0.4, 0.5) is 0 Å². The summed E-state index contributed by atoms with van der Waals surface area (Å²) in [7, 11) is 0. The first kappa shape index (κ1) is 13.6. The van der Waals surface area contributed by atoms with Crippen LogP contribution in [-0.2, 0) is 0 Å². The van der Waals surface area contributed by atoms with Crippen molar-refractivity contribution >= 4 is 0 Å².